The lowest BCUT2D eigenvalue weighted by atomic mass is 10.3. The van der Waals surface area contributed by atoms with Gasteiger partial charge in [-0.15, -0.1) is 0 Å². The Labute approximate surface area is 88.1 Å². The van der Waals surface area contributed by atoms with E-state index in [4.69, 9.17) is 5.73 Å². The van der Waals surface area contributed by atoms with Gasteiger partial charge >= 0.3 is 0 Å². The number of nitrogen functional groups attached to an aromatic ring is 1. The number of nitrogens with zero attached hydrogens (tertiary/aromatic N) is 4. The number of nitrogens with two attached hydrogens (primary N) is 1. The number of tetrazole rings is 1. The van der Waals surface area contributed by atoms with Crippen LogP contribution in [0.15, 0.2) is 24.3 Å². The van der Waals surface area contributed by atoms with Crippen LogP contribution < -0.4 is 5.73 Å². The highest BCUT2D eigenvalue weighted by Gasteiger charge is 2.02. The first-order valence-electron chi connectivity index (χ1n) is 3.57. The number of anilines is 1. The van der Waals surface area contributed by atoms with Crippen molar-refractivity contribution in [1.29, 1.82) is 0 Å². The maximum absolute atomic E-state index is 5.54. The van der Waals surface area contributed by atoms with Gasteiger partial charge in [0, 0.05) is 3.57 Å². The Kier molecular flexibility index (Phi) is 2.13. The van der Waals surface area contributed by atoms with E-state index in [-0.39, 0.29) is 0 Å². The van der Waals surface area contributed by atoms with Crippen LogP contribution >= 0.6 is 22.6 Å². The molecule has 0 aliphatic heterocycles. The fourth-order valence-electron chi connectivity index (χ4n) is 0.960. The first kappa shape index (κ1) is 8.42. The van der Waals surface area contributed by atoms with Crippen molar-refractivity contribution in [3.05, 3.63) is 27.8 Å². The van der Waals surface area contributed by atoms with Gasteiger partial charge in [0.05, 0.1) is 5.69 Å². The summed E-state index contributed by atoms with van der Waals surface area (Å²) < 4.78 is 2.64. The first-order valence-corrected chi connectivity index (χ1v) is 4.65. The average Bonchev–Trinajstić information content (AvgIpc) is 2.53. The monoisotopic (exact) mass is 287 g/mol. The Morgan fingerprint density at radius 3 is 2.46 bits per heavy atom. The molecule has 0 aliphatic rings. The van der Waals surface area contributed by atoms with E-state index in [1.807, 2.05) is 24.3 Å². The summed E-state index contributed by atoms with van der Waals surface area (Å²) in [5, 5.41) is 10.8. The number of benzene rings is 1. The second kappa shape index (κ2) is 3.29. The first-order chi connectivity index (χ1) is 6.27. The molecule has 0 saturated carbocycles. The van der Waals surface area contributed by atoms with Gasteiger partial charge in [0.1, 0.15) is 0 Å². The molecule has 5 nitrogen and oxygen atoms in total. The predicted molar refractivity (Wildman–Crippen MR) is 56.3 cm³/mol. The molecule has 2 N–H and O–H groups in total. The van der Waals surface area contributed by atoms with E-state index in [9.17, 15) is 0 Å². The van der Waals surface area contributed by atoms with Crippen molar-refractivity contribution in [2.24, 2.45) is 0 Å². The topological polar surface area (TPSA) is 69.6 Å². The molecule has 66 valence electrons. The molecule has 0 spiro atoms. The lowest BCUT2D eigenvalue weighted by Crippen LogP contribution is -2.02. The Bertz CT molecular complexity index is 407. The Balaban J connectivity index is 2.47. The summed E-state index contributed by atoms with van der Waals surface area (Å²) in [7, 11) is 0. The van der Waals surface area contributed by atoms with Crippen LogP contribution in [0.25, 0.3) is 5.69 Å². The van der Waals surface area contributed by atoms with E-state index in [1.54, 1.807) is 0 Å². The van der Waals surface area contributed by atoms with Gasteiger partial charge in [0.15, 0.2) is 0 Å². The average molecular weight is 287 g/mol. The Hall–Kier alpha value is -1.18. The highest BCUT2D eigenvalue weighted by atomic mass is 127. The number of halogens is 1. The van der Waals surface area contributed by atoms with Gasteiger partial charge in [0.25, 0.3) is 0 Å². The molecule has 0 bridgehead atoms. The standard InChI is InChI=1S/C7H6IN5/c8-5-1-3-6(4-2-5)13-7(9)10-11-12-13/h1-4H,(H2,9,10,12). The van der Waals surface area contributed by atoms with Crippen LogP contribution in [-0.4, -0.2) is 20.2 Å². The third-order valence-electron chi connectivity index (χ3n) is 1.56. The van der Waals surface area contributed by atoms with Crippen LogP contribution in [0.4, 0.5) is 5.95 Å². The summed E-state index contributed by atoms with van der Waals surface area (Å²) >= 11 is 2.23. The quantitative estimate of drug-likeness (QED) is 0.789. The summed E-state index contributed by atoms with van der Waals surface area (Å²) in [5.41, 5.74) is 6.40. The molecule has 0 saturated heterocycles. The van der Waals surface area contributed by atoms with Crippen LogP contribution in [0.3, 0.4) is 0 Å². The molecule has 1 aromatic heterocycles. The van der Waals surface area contributed by atoms with Crippen LogP contribution in [0, 0.1) is 3.57 Å². The Morgan fingerprint density at radius 1 is 1.23 bits per heavy atom. The largest absolute Gasteiger partial charge is 0.366 e. The number of hydrogen-bond donors (Lipinski definition) is 1. The third kappa shape index (κ3) is 1.62. The maximum atomic E-state index is 5.54. The summed E-state index contributed by atoms with van der Waals surface area (Å²) in [6.45, 7) is 0. The molecular weight excluding hydrogens is 281 g/mol. The zero-order valence-electron chi connectivity index (χ0n) is 6.55. The molecule has 0 fully saturated rings. The van der Waals surface area contributed by atoms with Crippen molar-refractivity contribution in [2.75, 3.05) is 5.73 Å². The van der Waals surface area contributed by atoms with E-state index in [1.165, 1.54) is 4.68 Å². The molecule has 2 rings (SSSR count). The maximum Gasteiger partial charge on any atom is 0.245 e. The molecule has 0 radical (unpaired) electrons. The van der Waals surface area contributed by atoms with E-state index >= 15 is 0 Å². The molecule has 0 atom stereocenters. The highest BCUT2D eigenvalue weighted by molar-refractivity contribution is 14.1. The third-order valence-corrected chi connectivity index (χ3v) is 2.28. The van der Waals surface area contributed by atoms with Crippen molar-refractivity contribution in [2.45, 2.75) is 0 Å². The minimum Gasteiger partial charge on any atom is -0.366 e. The number of aromatic nitrogens is 4. The minimum atomic E-state index is 0.293. The molecule has 2 aromatic rings. The summed E-state index contributed by atoms with van der Waals surface area (Å²) in [5.74, 6) is 0.293. The van der Waals surface area contributed by atoms with Gasteiger partial charge in [0.2, 0.25) is 5.95 Å². The van der Waals surface area contributed by atoms with Crippen molar-refractivity contribution in [3.8, 4) is 5.69 Å². The van der Waals surface area contributed by atoms with E-state index in [2.05, 4.69) is 38.1 Å². The van der Waals surface area contributed by atoms with Crippen LogP contribution in [0.5, 0.6) is 0 Å². The summed E-state index contributed by atoms with van der Waals surface area (Å²) in [4.78, 5) is 0. The second-order valence-electron chi connectivity index (χ2n) is 2.43. The van der Waals surface area contributed by atoms with Crippen LogP contribution in [0.2, 0.25) is 0 Å². The predicted octanol–water partition coefficient (Wildman–Crippen LogP) is 0.849. The molecule has 0 unspecified atom stereocenters. The zero-order valence-corrected chi connectivity index (χ0v) is 8.71. The smallest absolute Gasteiger partial charge is 0.245 e. The van der Waals surface area contributed by atoms with E-state index in [0.29, 0.717) is 5.95 Å². The lowest BCUT2D eigenvalue weighted by Gasteiger charge is -1.99. The number of rotatable bonds is 1. The molecule has 1 heterocycles. The summed E-state index contributed by atoms with van der Waals surface area (Å²) in [6.07, 6.45) is 0. The van der Waals surface area contributed by atoms with Crippen molar-refractivity contribution < 1.29 is 0 Å². The van der Waals surface area contributed by atoms with Gasteiger partial charge in [-0.2, -0.15) is 4.68 Å². The van der Waals surface area contributed by atoms with Gasteiger partial charge in [-0.3, -0.25) is 0 Å². The van der Waals surface area contributed by atoms with Gasteiger partial charge in [-0.1, -0.05) is 5.10 Å². The molecule has 1 aromatic carbocycles. The highest BCUT2D eigenvalue weighted by Crippen LogP contribution is 2.11. The molecule has 13 heavy (non-hydrogen) atoms. The van der Waals surface area contributed by atoms with Gasteiger partial charge in [-0.25, -0.2) is 0 Å². The fourth-order valence-corrected chi connectivity index (χ4v) is 1.32. The molecule has 0 aliphatic carbocycles. The number of hydrogen-bond acceptors (Lipinski definition) is 4. The normalized spacial score (nSPS) is 10.2. The van der Waals surface area contributed by atoms with Crippen molar-refractivity contribution in [3.63, 3.8) is 0 Å². The van der Waals surface area contributed by atoms with Crippen LogP contribution in [0.1, 0.15) is 0 Å². The summed E-state index contributed by atoms with van der Waals surface area (Å²) in [6, 6.07) is 7.76. The molecule has 6 heteroatoms. The SMILES string of the molecule is Nc1nnnn1-c1ccc(I)cc1. The lowest BCUT2D eigenvalue weighted by molar-refractivity contribution is 0.792. The van der Waals surface area contributed by atoms with E-state index in [0.717, 1.165) is 9.26 Å². The second-order valence-corrected chi connectivity index (χ2v) is 3.67. The van der Waals surface area contributed by atoms with Gasteiger partial charge in [-0.05, 0) is 57.3 Å². The fraction of sp³-hybridized carbons (Fsp3) is 0. The van der Waals surface area contributed by atoms with Gasteiger partial charge < -0.3 is 5.73 Å². The Morgan fingerprint density at radius 2 is 1.92 bits per heavy atom. The molecular formula is C7H6IN5. The van der Waals surface area contributed by atoms with E-state index < -0.39 is 0 Å². The van der Waals surface area contributed by atoms with Crippen molar-refractivity contribution >= 4 is 28.5 Å². The van der Waals surface area contributed by atoms with Crippen LogP contribution in [-0.2, 0) is 0 Å². The van der Waals surface area contributed by atoms with Crippen molar-refractivity contribution in [1.82, 2.24) is 20.2 Å². The molecule has 0 amide bonds. The zero-order chi connectivity index (χ0) is 9.26. The minimum absolute atomic E-state index is 0.293.